The van der Waals surface area contributed by atoms with Crippen molar-refractivity contribution in [2.24, 2.45) is 17.1 Å². The number of hydrogen-bond acceptors (Lipinski definition) is 11. The molecular weight excluding hydrogens is 617 g/mol. The molecule has 6 aliphatic rings. The van der Waals surface area contributed by atoms with Gasteiger partial charge in [-0.05, 0) is 46.2 Å². The number of morpholine rings is 1. The lowest BCUT2D eigenvalue weighted by Gasteiger charge is -2.47. The molecule has 46 heavy (non-hydrogen) atoms. The maximum absolute atomic E-state index is 16.6. The van der Waals surface area contributed by atoms with E-state index in [4.69, 9.17) is 15.2 Å². The minimum Gasteiger partial charge on any atom is -0.488 e. The highest BCUT2D eigenvalue weighted by atomic mass is 32.2. The van der Waals surface area contributed by atoms with Crippen molar-refractivity contribution in [1.29, 1.82) is 5.26 Å². The summed E-state index contributed by atoms with van der Waals surface area (Å²) in [5.74, 6) is -2.38. The van der Waals surface area contributed by atoms with Gasteiger partial charge in [-0.2, -0.15) is 15.2 Å². The van der Waals surface area contributed by atoms with Crippen molar-refractivity contribution in [3.63, 3.8) is 0 Å². The highest BCUT2D eigenvalue weighted by molar-refractivity contribution is 8.04. The van der Waals surface area contributed by atoms with Crippen LogP contribution >= 0.6 is 11.8 Å². The van der Waals surface area contributed by atoms with E-state index >= 15 is 8.78 Å². The van der Waals surface area contributed by atoms with Gasteiger partial charge in [-0.25, -0.2) is 13.2 Å². The molecule has 3 aliphatic carbocycles. The first-order chi connectivity index (χ1) is 22.1. The van der Waals surface area contributed by atoms with Gasteiger partial charge in [0.05, 0.1) is 46.2 Å². The predicted molar refractivity (Wildman–Crippen MR) is 167 cm³/mol. The minimum atomic E-state index is -1.12. The van der Waals surface area contributed by atoms with Gasteiger partial charge in [-0.3, -0.25) is 4.98 Å². The summed E-state index contributed by atoms with van der Waals surface area (Å²) in [5.41, 5.74) is 6.45. The molecule has 240 valence electrons. The number of thioether (sulfide) groups is 1. The Kier molecular flexibility index (Phi) is 6.74. The maximum atomic E-state index is 16.6. The zero-order valence-corrected chi connectivity index (χ0v) is 26.3. The molecule has 0 spiro atoms. The first-order valence-corrected chi connectivity index (χ1v) is 16.3. The second kappa shape index (κ2) is 10.5. The van der Waals surface area contributed by atoms with Crippen molar-refractivity contribution >= 4 is 34.1 Å². The number of nitrogens with two attached hydrogens (primary N) is 1. The number of fused-ring (bicyclic) bond motifs is 2. The van der Waals surface area contributed by atoms with Crippen LogP contribution in [0.5, 0.6) is 6.01 Å². The van der Waals surface area contributed by atoms with Gasteiger partial charge in [-0.15, -0.1) is 0 Å². The molecule has 2 unspecified atom stereocenters. The summed E-state index contributed by atoms with van der Waals surface area (Å²) < 4.78 is 58.6. The van der Waals surface area contributed by atoms with Crippen molar-refractivity contribution in [3.8, 4) is 12.1 Å². The number of allylic oxidation sites excluding steroid dienone is 4. The van der Waals surface area contributed by atoms with Crippen LogP contribution in [0.4, 0.5) is 19.0 Å². The summed E-state index contributed by atoms with van der Waals surface area (Å²) in [7, 11) is 4.08. The molecule has 2 atom stereocenters. The summed E-state index contributed by atoms with van der Waals surface area (Å²) in [5, 5.41) is 12.6. The number of nitrogens with one attached hydrogen (secondary N) is 1. The summed E-state index contributed by atoms with van der Waals surface area (Å²) in [6.45, 7) is 3.23. The number of hydrogen-bond donors (Lipinski definition) is 2. The first kappa shape index (κ1) is 29.4. The zero-order valence-electron chi connectivity index (χ0n) is 25.5. The first-order valence-electron chi connectivity index (χ1n) is 15.5. The lowest BCUT2D eigenvalue weighted by atomic mass is 9.75. The Balaban J connectivity index is 1.16. The van der Waals surface area contributed by atoms with E-state index in [1.165, 1.54) is 11.9 Å². The number of rotatable bonds is 10. The zero-order chi connectivity index (χ0) is 32.0. The Morgan fingerprint density at radius 2 is 2.04 bits per heavy atom. The minimum absolute atomic E-state index is 0.000479. The number of nitrogens with zero attached hydrogens (tertiary/aromatic N) is 6. The second-order valence-corrected chi connectivity index (χ2v) is 14.5. The van der Waals surface area contributed by atoms with E-state index in [0.29, 0.717) is 37.0 Å². The van der Waals surface area contributed by atoms with E-state index in [1.807, 2.05) is 20.2 Å². The van der Waals surface area contributed by atoms with Crippen LogP contribution in [0.25, 0.3) is 16.5 Å². The van der Waals surface area contributed by atoms with Gasteiger partial charge < -0.3 is 30.3 Å². The van der Waals surface area contributed by atoms with E-state index in [1.54, 1.807) is 0 Å². The molecule has 0 aromatic carbocycles. The third-order valence-electron chi connectivity index (χ3n) is 10.5. The third kappa shape index (κ3) is 4.53. The Bertz CT molecular complexity index is 1840. The molecule has 0 saturated heterocycles. The molecule has 10 nitrogen and oxygen atoms in total. The molecule has 0 radical (unpaired) electrons. The number of halogens is 3. The molecule has 3 N–H and O–H groups in total. The Hall–Kier alpha value is -3.96. The van der Waals surface area contributed by atoms with Gasteiger partial charge >= 0.3 is 6.01 Å². The summed E-state index contributed by atoms with van der Waals surface area (Å²) in [6.07, 6.45) is 7.23. The molecule has 0 bridgehead atoms. The van der Waals surface area contributed by atoms with E-state index in [0.717, 1.165) is 62.7 Å². The highest BCUT2D eigenvalue weighted by Crippen LogP contribution is 2.53. The summed E-state index contributed by atoms with van der Waals surface area (Å²) in [6, 6.07) is 1.96. The number of ether oxygens (including phenoxy) is 2. The van der Waals surface area contributed by atoms with Crippen LogP contribution in [0.2, 0.25) is 0 Å². The summed E-state index contributed by atoms with van der Waals surface area (Å²) in [4.78, 5) is 18.0. The van der Waals surface area contributed by atoms with Gasteiger partial charge in [0, 0.05) is 47.8 Å². The number of likely N-dealkylation sites (N-methyl/N-ethyl adjacent to an activating group) is 1. The normalized spacial score (nSPS) is 25.2. The van der Waals surface area contributed by atoms with E-state index in [9.17, 15) is 9.65 Å². The fourth-order valence-electron chi connectivity index (χ4n) is 7.06. The monoisotopic (exact) mass is 650 g/mol. The quantitative estimate of drug-likeness (QED) is 0.370. The third-order valence-corrected chi connectivity index (χ3v) is 11.7. The lowest BCUT2D eigenvalue weighted by molar-refractivity contribution is 0.0331. The molecule has 2 saturated carbocycles. The second-order valence-electron chi connectivity index (χ2n) is 13.4. The van der Waals surface area contributed by atoms with Crippen LogP contribution in [0.3, 0.4) is 0 Å². The molecule has 2 aromatic rings. The van der Waals surface area contributed by atoms with E-state index in [-0.39, 0.29) is 44.4 Å². The van der Waals surface area contributed by atoms with Gasteiger partial charge in [0.2, 0.25) is 0 Å². The van der Waals surface area contributed by atoms with Crippen LogP contribution in [0, 0.1) is 28.5 Å². The fraction of sp³-hybridized carbons (Fsp3) is 0.500. The van der Waals surface area contributed by atoms with Crippen LogP contribution in [0.1, 0.15) is 37.8 Å². The Morgan fingerprint density at radius 3 is 2.65 bits per heavy atom. The molecule has 0 amide bonds. The van der Waals surface area contributed by atoms with Crippen LogP contribution in [0.15, 0.2) is 46.0 Å². The van der Waals surface area contributed by atoms with Crippen molar-refractivity contribution in [1.82, 2.24) is 24.8 Å². The topological polar surface area (TPSA) is 125 Å². The average molecular weight is 651 g/mol. The number of nitriles is 1. The molecule has 5 heterocycles. The SMILES string of the molecule is CN(C)C1(CNc2nc(OCC3(CN4CC5=C4CO5)CC3)nc3c(F)c(C4=C(F)C=C(F)C5SC(N)=C(C#N)C45)ncc23)CCC1. The number of pyridine rings is 1. The lowest BCUT2D eigenvalue weighted by Crippen LogP contribution is -2.54. The Labute approximate surface area is 268 Å². The smallest absolute Gasteiger partial charge is 0.319 e. The highest BCUT2D eigenvalue weighted by Gasteiger charge is 2.49. The molecular formula is C32H33F3N8O2S. The molecule has 8 rings (SSSR count). The van der Waals surface area contributed by atoms with Crippen LogP contribution in [-0.2, 0) is 4.74 Å². The summed E-state index contributed by atoms with van der Waals surface area (Å²) >= 11 is 0.920. The van der Waals surface area contributed by atoms with Crippen molar-refractivity contribution in [3.05, 3.63) is 57.5 Å². The number of anilines is 1. The maximum Gasteiger partial charge on any atom is 0.319 e. The van der Waals surface area contributed by atoms with Crippen LogP contribution < -0.4 is 15.8 Å². The molecule has 2 aromatic heterocycles. The van der Waals surface area contributed by atoms with Crippen molar-refractivity contribution in [2.45, 2.75) is 42.9 Å². The van der Waals surface area contributed by atoms with E-state index < -0.39 is 28.6 Å². The Morgan fingerprint density at radius 1 is 1.24 bits per heavy atom. The van der Waals surface area contributed by atoms with Gasteiger partial charge in [0.25, 0.3) is 0 Å². The van der Waals surface area contributed by atoms with Gasteiger partial charge in [0.1, 0.15) is 41.0 Å². The van der Waals surface area contributed by atoms with E-state index in [2.05, 4.69) is 30.1 Å². The molecule has 2 fully saturated rings. The van der Waals surface area contributed by atoms with Gasteiger partial charge in [0.15, 0.2) is 5.82 Å². The molecule has 3 aliphatic heterocycles. The predicted octanol–water partition coefficient (Wildman–Crippen LogP) is 4.75. The molecule has 14 heteroatoms. The average Bonchev–Trinajstić information content (AvgIpc) is 3.67. The van der Waals surface area contributed by atoms with Crippen molar-refractivity contribution in [2.75, 3.05) is 52.3 Å². The van der Waals surface area contributed by atoms with Crippen molar-refractivity contribution < 1.29 is 22.6 Å². The number of aromatic nitrogens is 3. The fourth-order valence-corrected chi connectivity index (χ4v) is 8.22. The van der Waals surface area contributed by atoms with Gasteiger partial charge in [-0.1, -0.05) is 11.8 Å². The van der Waals surface area contributed by atoms with Crippen LogP contribution in [-0.4, -0.2) is 82.5 Å². The largest absolute Gasteiger partial charge is 0.488 e. The standard InChI is InChI=1S/C32H33F3N8O2S/c1-42(2)32(4-3-5-32)13-39-29-17-10-38-26(23-18(33)8-19(34)27-22(23)16(9-36)28(37)46-27)24(35)25(17)40-30(41-29)45-15-31(6-7-31)14-43-11-21-20(43)12-44-21/h8,10,22,27H,3-7,11-15,37H2,1-2H3,(H,39,40,41).